The summed E-state index contributed by atoms with van der Waals surface area (Å²) in [6.45, 7) is 2.28. The predicted molar refractivity (Wildman–Crippen MR) is 202 cm³/mol. The number of allylic oxidation sites excluding steroid dienone is 3. The maximum atomic E-state index is 2.33. The molecule has 0 amide bonds. The first-order chi connectivity index (χ1) is 23.2. The van der Waals surface area contributed by atoms with Gasteiger partial charge in [-0.1, -0.05) is 201 Å². The molecule has 7 aromatic carbocycles. The molecule has 0 heteroatoms. The van der Waals surface area contributed by atoms with Gasteiger partial charge < -0.3 is 0 Å². The van der Waals surface area contributed by atoms with Crippen molar-refractivity contribution in [3.63, 3.8) is 0 Å². The molecule has 0 aliphatic carbocycles. The lowest BCUT2D eigenvalue weighted by Crippen LogP contribution is -1.95. The third kappa shape index (κ3) is 6.93. The van der Waals surface area contributed by atoms with E-state index in [2.05, 4.69) is 201 Å². The first-order valence-corrected chi connectivity index (χ1v) is 16.5. The van der Waals surface area contributed by atoms with Crippen molar-refractivity contribution in [2.24, 2.45) is 0 Å². The molecule has 0 saturated heterocycles. The van der Waals surface area contributed by atoms with Crippen LogP contribution in [-0.4, -0.2) is 0 Å². The summed E-state index contributed by atoms with van der Waals surface area (Å²) in [6.07, 6.45) is 7.61. The van der Waals surface area contributed by atoms with Crippen molar-refractivity contribution < 1.29 is 0 Å². The summed E-state index contributed by atoms with van der Waals surface area (Å²) in [4.78, 5) is 0. The summed E-state index contributed by atoms with van der Waals surface area (Å²) < 4.78 is 0. The Morgan fingerprint density at radius 1 is 0.489 bits per heavy atom. The fourth-order valence-electron chi connectivity index (χ4n) is 6.40. The molecule has 0 radical (unpaired) electrons. The highest BCUT2D eigenvalue weighted by Gasteiger charge is 2.12. The summed E-state index contributed by atoms with van der Waals surface area (Å²) in [5, 5.41) is 2.55. The van der Waals surface area contributed by atoms with Gasteiger partial charge in [0.15, 0.2) is 0 Å². The minimum Gasteiger partial charge on any atom is -0.0723 e. The summed E-state index contributed by atoms with van der Waals surface area (Å²) in [6, 6.07) is 63.4. The van der Waals surface area contributed by atoms with Crippen LogP contribution in [0.1, 0.15) is 40.7 Å². The zero-order chi connectivity index (χ0) is 31.8. The topological polar surface area (TPSA) is 0 Å². The van der Waals surface area contributed by atoms with E-state index in [1.54, 1.807) is 0 Å². The van der Waals surface area contributed by atoms with E-state index in [1.807, 2.05) is 0 Å². The minimum atomic E-state index is 0.360. The van der Waals surface area contributed by atoms with Crippen LogP contribution in [-0.2, 0) is 6.42 Å². The van der Waals surface area contributed by atoms with Crippen molar-refractivity contribution in [1.29, 1.82) is 0 Å². The monoisotopic (exact) mass is 602 g/mol. The lowest BCUT2D eigenvalue weighted by Gasteiger charge is -2.15. The van der Waals surface area contributed by atoms with E-state index in [1.165, 1.54) is 66.4 Å². The van der Waals surface area contributed by atoms with Gasteiger partial charge in [-0.2, -0.15) is 0 Å². The van der Waals surface area contributed by atoms with Crippen LogP contribution in [0.15, 0.2) is 188 Å². The molecule has 0 saturated carbocycles. The molecular formula is C47H38. The van der Waals surface area contributed by atoms with Gasteiger partial charge >= 0.3 is 0 Å². The van der Waals surface area contributed by atoms with Crippen LogP contribution in [0.4, 0.5) is 0 Å². The molecule has 0 spiro atoms. The molecular weight excluding hydrogens is 565 g/mol. The second kappa shape index (κ2) is 14.1. The molecule has 47 heavy (non-hydrogen) atoms. The van der Waals surface area contributed by atoms with Gasteiger partial charge in [0.2, 0.25) is 0 Å². The smallest absolute Gasteiger partial charge is 0.00610 e. The van der Waals surface area contributed by atoms with Crippen molar-refractivity contribution in [1.82, 2.24) is 0 Å². The second-order valence-corrected chi connectivity index (χ2v) is 12.1. The average Bonchev–Trinajstić information content (AvgIpc) is 3.15. The highest BCUT2D eigenvalue weighted by Crippen LogP contribution is 2.36. The number of hydrogen-bond acceptors (Lipinski definition) is 0. The molecule has 0 nitrogen and oxygen atoms in total. The Morgan fingerprint density at radius 2 is 0.979 bits per heavy atom. The van der Waals surface area contributed by atoms with Gasteiger partial charge in [0.05, 0.1) is 0 Å². The van der Waals surface area contributed by atoms with E-state index in [-0.39, 0.29) is 0 Å². The molecule has 0 aliphatic heterocycles. The molecule has 1 atom stereocenters. The maximum absolute atomic E-state index is 2.33. The molecule has 0 aromatic heterocycles. The zero-order valence-corrected chi connectivity index (χ0v) is 26.8. The van der Waals surface area contributed by atoms with Crippen molar-refractivity contribution in [3.8, 4) is 22.3 Å². The van der Waals surface area contributed by atoms with Gasteiger partial charge in [-0.25, -0.2) is 0 Å². The Balaban J connectivity index is 1.14. The first-order valence-electron chi connectivity index (χ1n) is 16.5. The Morgan fingerprint density at radius 3 is 1.57 bits per heavy atom. The fourth-order valence-corrected chi connectivity index (χ4v) is 6.40. The van der Waals surface area contributed by atoms with Gasteiger partial charge in [-0.3, -0.25) is 0 Å². The highest BCUT2D eigenvalue weighted by molar-refractivity contribution is 6.05. The van der Waals surface area contributed by atoms with Crippen molar-refractivity contribution in [2.75, 3.05) is 0 Å². The quantitative estimate of drug-likeness (QED) is 0.144. The van der Waals surface area contributed by atoms with Gasteiger partial charge in [0.25, 0.3) is 0 Å². The Hall–Kier alpha value is -5.72. The maximum Gasteiger partial charge on any atom is 0.00610 e. The number of rotatable bonds is 9. The van der Waals surface area contributed by atoms with Crippen LogP contribution in [0.3, 0.4) is 0 Å². The molecule has 0 fully saturated rings. The number of benzene rings is 7. The number of fused-ring (bicyclic) bond motifs is 1. The Bertz CT molecular complexity index is 2120. The van der Waals surface area contributed by atoms with Gasteiger partial charge in [0.1, 0.15) is 0 Å². The molecule has 0 bridgehead atoms. The van der Waals surface area contributed by atoms with E-state index < -0.39 is 0 Å². The SMILES string of the molecule is CC(c1ccccc1)c1ccc(-c2ccc(-c3ccc(C/C=C(\C=C\c4ccccc4)c4ccccc4)cc3)c3ccccc23)cc1. The number of hydrogen-bond donors (Lipinski definition) is 0. The third-order valence-electron chi connectivity index (χ3n) is 9.13. The van der Waals surface area contributed by atoms with Crippen LogP contribution >= 0.6 is 0 Å². The van der Waals surface area contributed by atoms with Crippen molar-refractivity contribution in [2.45, 2.75) is 19.3 Å². The van der Waals surface area contributed by atoms with Crippen molar-refractivity contribution >= 4 is 22.4 Å². The predicted octanol–water partition coefficient (Wildman–Crippen LogP) is 12.7. The zero-order valence-electron chi connectivity index (χ0n) is 26.8. The molecule has 7 aromatic rings. The summed E-state index contributed by atoms with van der Waals surface area (Å²) in [7, 11) is 0. The Labute approximate surface area is 279 Å². The normalized spacial score (nSPS) is 12.4. The van der Waals surface area contributed by atoms with E-state index in [9.17, 15) is 0 Å². The highest BCUT2D eigenvalue weighted by atomic mass is 14.2. The van der Waals surface area contributed by atoms with Crippen molar-refractivity contribution in [3.05, 3.63) is 216 Å². The molecule has 0 aliphatic rings. The lowest BCUT2D eigenvalue weighted by molar-refractivity contribution is 0.923. The van der Waals surface area contributed by atoms with E-state index in [0.717, 1.165) is 6.42 Å². The standard InChI is InChI=1S/C47H38/c1-35(38-15-7-3-8-16-38)39-29-31-43(32-30-39)45-34-33-44(46-19-11-12-20-47(45)46)42-27-23-37(24-28-42)22-26-41(40-17-9-4-10-18-40)25-21-36-13-5-2-6-14-36/h2-21,23-35H,22H2,1H3/b25-21+,41-26+. The summed E-state index contributed by atoms with van der Waals surface area (Å²) in [5.41, 5.74) is 12.6. The minimum absolute atomic E-state index is 0.360. The van der Waals surface area contributed by atoms with Crippen LogP contribution in [0.2, 0.25) is 0 Å². The van der Waals surface area contributed by atoms with Gasteiger partial charge in [0, 0.05) is 5.92 Å². The summed E-state index contributed by atoms with van der Waals surface area (Å²) in [5.74, 6) is 0.360. The summed E-state index contributed by atoms with van der Waals surface area (Å²) >= 11 is 0. The fraction of sp³-hybridized carbons (Fsp3) is 0.0638. The van der Waals surface area contributed by atoms with Gasteiger partial charge in [-0.15, -0.1) is 0 Å². The van der Waals surface area contributed by atoms with Crippen LogP contribution in [0, 0.1) is 0 Å². The van der Waals surface area contributed by atoms with Crippen LogP contribution < -0.4 is 0 Å². The molecule has 0 heterocycles. The average molecular weight is 603 g/mol. The van der Waals surface area contributed by atoms with E-state index in [0.29, 0.717) is 5.92 Å². The molecule has 226 valence electrons. The van der Waals surface area contributed by atoms with E-state index >= 15 is 0 Å². The van der Waals surface area contributed by atoms with E-state index in [4.69, 9.17) is 0 Å². The second-order valence-electron chi connectivity index (χ2n) is 12.1. The molecule has 7 rings (SSSR count). The third-order valence-corrected chi connectivity index (χ3v) is 9.13. The molecule has 1 unspecified atom stereocenters. The van der Waals surface area contributed by atoms with Crippen LogP contribution in [0.5, 0.6) is 0 Å². The first kappa shape index (κ1) is 30.0. The molecule has 0 N–H and O–H groups in total. The largest absolute Gasteiger partial charge is 0.0723 e. The van der Waals surface area contributed by atoms with Gasteiger partial charge in [-0.05, 0) is 72.8 Å². The Kier molecular flexibility index (Phi) is 9.02. The van der Waals surface area contributed by atoms with Crippen LogP contribution in [0.25, 0.3) is 44.7 Å². The lowest BCUT2D eigenvalue weighted by atomic mass is 9.89.